The molecule has 2 atom stereocenters. The zero-order chi connectivity index (χ0) is 13.8. The highest BCUT2D eigenvalue weighted by Crippen LogP contribution is 2.31. The van der Waals surface area contributed by atoms with Crippen LogP contribution in [0, 0.1) is 11.8 Å². The Balaban J connectivity index is 2.06. The van der Waals surface area contributed by atoms with Crippen LogP contribution in [0.25, 0.3) is 0 Å². The summed E-state index contributed by atoms with van der Waals surface area (Å²) in [6.07, 6.45) is 2.63. The van der Waals surface area contributed by atoms with Crippen molar-refractivity contribution in [2.24, 2.45) is 17.6 Å². The minimum absolute atomic E-state index is 0.179. The fraction of sp³-hybridized carbons (Fsp3) is 0.647. The van der Waals surface area contributed by atoms with E-state index in [0.29, 0.717) is 6.04 Å². The zero-order valence-corrected chi connectivity index (χ0v) is 12.5. The smallest absolute Gasteiger partial charge is 0.0496 e. The van der Waals surface area contributed by atoms with Gasteiger partial charge in [0.2, 0.25) is 0 Å². The molecule has 1 aromatic rings. The molecule has 0 bridgehead atoms. The molecule has 1 aliphatic heterocycles. The molecule has 0 radical (unpaired) electrons. The molecular weight excluding hydrogens is 232 g/mol. The number of nitrogens with zero attached hydrogens (tertiary/aromatic N) is 1. The van der Waals surface area contributed by atoms with Crippen molar-refractivity contribution in [3.05, 3.63) is 35.9 Å². The van der Waals surface area contributed by atoms with E-state index in [0.717, 1.165) is 11.8 Å². The van der Waals surface area contributed by atoms with Crippen molar-refractivity contribution in [2.75, 3.05) is 13.1 Å². The van der Waals surface area contributed by atoms with Gasteiger partial charge in [-0.2, -0.15) is 0 Å². The van der Waals surface area contributed by atoms with Gasteiger partial charge in [-0.1, -0.05) is 44.2 Å². The third-order valence-corrected chi connectivity index (χ3v) is 4.55. The number of hydrogen-bond donors (Lipinski definition) is 1. The maximum Gasteiger partial charge on any atom is 0.0496 e. The first kappa shape index (κ1) is 14.5. The summed E-state index contributed by atoms with van der Waals surface area (Å²) in [4.78, 5) is 2.58. The van der Waals surface area contributed by atoms with E-state index in [1.165, 1.54) is 31.5 Å². The highest BCUT2D eigenvalue weighted by Gasteiger charge is 2.29. The summed E-state index contributed by atoms with van der Waals surface area (Å²) < 4.78 is 0. The molecule has 106 valence electrons. The van der Waals surface area contributed by atoms with Gasteiger partial charge < -0.3 is 5.73 Å². The van der Waals surface area contributed by atoms with Crippen LogP contribution in [0.5, 0.6) is 0 Å². The van der Waals surface area contributed by atoms with Crippen LogP contribution < -0.4 is 5.73 Å². The maximum atomic E-state index is 6.25. The Morgan fingerprint density at radius 3 is 2.11 bits per heavy atom. The molecule has 2 heteroatoms. The molecule has 19 heavy (non-hydrogen) atoms. The fourth-order valence-corrected chi connectivity index (χ4v) is 3.36. The van der Waals surface area contributed by atoms with Crippen LogP contribution in [-0.4, -0.2) is 24.0 Å². The average Bonchev–Trinajstić information content (AvgIpc) is 2.40. The van der Waals surface area contributed by atoms with E-state index in [-0.39, 0.29) is 6.04 Å². The molecule has 0 aromatic heterocycles. The zero-order valence-electron chi connectivity index (χ0n) is 12.5. The van der Waals surface area contributed by atoms with Crippen LogP contribution in [0.2, 0.25) is 0 Å². The second kappa shape index (κ2) is 6.53. The summed E-state index contributed by atoms with van der Waals surface area (Å²) in [6.45, 7) is 9.20. The standard InChI is InChI=1S/C17H28N2/c1-13(2)15-9-11-19(12-10-15)17(14(3)18)16-7-5-4-6-8-16/h4-8,13-15,17H,9-12,18H2,1-3H3. The van der Waals surface area contributed by atoms with Gasteiger partial charge in [0, 0.05) is 12.1 Å². The molecule has 2 unspecified atom stereocenters. The van der Waals surface area contributed by atoms with Crippen LogP contribution in [0.4, 0.5) is 0 Å². The van der Waals surface area contributed by atoms with Gasteiger partial charge in [0.1, 0.15) is 0 Å². The summed E-state index contributed by atoms with van der Waals surface area (Å²) in [5.41, 5.74) is 7.61. The first-order valence-corrected chi connectivity index (χ1v) is 7.64. The Bertz CT molecular complexity index is 364. The summed E-state index contributed by atoms with van der Waals surface area (Å²) in [5.74, 6) is 1.70. The molecule has 0 saturated carbocycles. The van der Waals surface area contributed by atoms with Crippen molar-refractivity contribution in [2.45, 2.75) is 45.7 Å². The second-order valence-corrected chi connectivity index (χ2v) is 6.33. The van der Waals surface area contributed by atoms with Crippen LogP contribution in [0.1, 0.15) is 45.2 Å². The van der Waals surface area contributed by atoms with E-state index in [1.807, 2.05) is 0 Å². The number of benzene rings is 1. The molecule has 0 aliphatic carbocycles. The molecule has 0 spiro atoms. The van der Waals surface area contributed by atoms with Gasteiger partial charge in [0.25, 0.3) is 0 Å². The van der Waals surface area contributed by atoms with Crippen LogP contribution in [-0.2, 0) is 0 Å². The molecule has 1 heterocycles. The van der Waals surface area contributed by atoms with Crippen molar-refractivity contribution in [3.8, 4) is 0 Å². The minimum atomic E-state index is 0.179. The van der Waals surface area contributed by atoms with Crippen molar-refractivity contribution >= 4 is 0 Å². The quantitative estimate of drug-likeness (QED) is 0.898. The van der Waals surface area contributed by atoms with E-state index in [9.17, 15) is 0 Å². The SMILES string of the molecule is CC(C)C1CCN(C(c2ccccc2)C(C)N)CC1. The molecule has 1 fully saturated rings. The summed E-state index contributed by atoms with van der Waals surface area (Å²) in [7, 11) is 0. The number of rotatable bonds is 4. The number of likely N-dealkylation sites (tertiary alicyclic amines) is 1. The highest BCUT2D eigenvalue weighted by molar-refractivity contribution is 5.20. The lowest BCUT2D eigenvalue weighted by atomic mass is 9.85. The molecule has 1 saturated heterocycles. The first-order chi connectivity index (χ1) is 9.09. The van der Waals surface area contributed by atoms with Crippen LogP contribution in [0.15, 0.2) is 30.3 Å². The highest BCUT2D eigenvalue weighted by atomic mass is 15.2. The van der Waals surface area contributed by atoms with Crippen molar-refractivity contribution in [1.82, 2.24) is 4.90 Å². The molecule has 2 N–H and O–H groups in total. The lowest BCUT2D eigenvalue weighted by molar-refractivity contribution is 0.103. The molecule has 1 aromatic carbocycles. The van der Waals surface area contributed by atoms with E-state index in [4.69, 9.17) is 5.73 Å². The van der Waals surface area contributed by atoms with Crippen LogP contribution in [0.3, 0.4) is 0 Å². The predicted octanol–water partition coefficient (Wildman–Crippen LogP) is 3.44. The Labute approximate surface area is 118 Å². The third kappa shape index (κ3) is 3.58. The Hall–Kier alpha value is -0.860. The number of nitrogens with two attached hydrogens (primary N) is 1. The van der Waals surface area contributed by atoms with E-state index >= 15 is 0 Å². The van der Waals surface area contributed by atoms with E-state index < -0.39 is 0 Å². The number of piperidine rings is 1. The largest absolute Gasteiger partial charge is 0.326 e. The minimum Gasteiger partial charge on any atom is -0.326 e. The lowest BCUT2D eigenvalue weighted by Gasteiger charge is -2.40. The second-order valence-electron chi connectivity index (χ2n) is 6.33. The van der Waals surface area contributed by atoms with Gasteiger partial charge in [-0.25, -0.2) is 0 Å². The topological polar surface area (TPSA) is 29.3 Å². The molecule has 1 aliphatic rings. The number of hydrogen-bond acceptors (Lipinski definition) is 2. The monoisotopic (exact) mass is 260 g/mol. The van der Waals surface area contributed by atoms with Gasteiger partial charge in [-0.15, -0.1) is 0 Å². The van der Waals surface area contributed by atoms with E-state index in [2.05, 4.69) is 56.0 Å². The van der Waals surface area contributed by atoms with Crippen molar-refractivity contribution < 1.29 is 0 Å². The summed E-state index contributed by atoms with van der Waals surface area (Å²) in [6, 6.07) is 11.3. The van der Waals surface area contributed by atoms with Crippen LogP contribution >= 0.6 is 0 Å². The summed E-state index contributed by atoms with van der Waals surface area (Å²) >= 11 is 0. The fourth-order valence-electron chi connectivity index (χ4n) is 3.36. The molecule has 0 amide bonds. The average molecular weight is 260 g/mol. The first-order valence-electron chi connectivity index (χ1n) is 7.64. The molecular formula is C17H28N2. The third-order valence-electron chi connectivity index (χ3n) is 4.55. The van der Waals surface area contributed by atoms with Gasteiger partial charge in [0.05, 0.1) is 0 Å². The van der Waals surface area contributed by atoms with E-state index in [1.54, 1.807) is 0 Å². The maximum absolute atomic E-state index is 6.25. The van der Waals surface area contributed by atoms with Crippen molar-refractivity contribution in [3.63, 3.8) is 0 Å². The Kier molecular flexibility index (Phi) is 5.00. The lowest BCUT2D eigenvalue weighted by Crippen LogP contribution is -2.44. The Morgan fingerprint density at radius 1 is 1.05 bits per heavy atom. The van der Waals surface area contributed by atoms with Gasteiger partial charge in [0.15, 0.2) is 0 Å². The molecule has 2 rings (SSSR count). The Morgan fingerprint density at radius 2 is 1.63 bits per heavy atom. The van der Waals surface area contributed by atoms with Gasteiger partial charge in [-0.05, 0) is 50.3 Å². The van der Waals surface area contributed by atoms with Gasteiger partial charge in [-0.3, -0.25) is 4.90 Å². The normalized spacial score (nSPS) is 21.5. The molecule has 2 nitrogen and oxygen atoms in total. The van der Waals surface area contributed by atoms with Gasteiger partial charge >= 0.3 is 0 Å². The predicted molar refractivity (Wildman–Crippen MR) is 82.0 cm³/mol. The van der Waals surface area contributed by atoms with Crippen molar-refractivity contribution in [1.29, 1.82) is 0 Å². The summed E-state index contributed by atoms with van der Waals surface area (Å²) in [5, 5.41) is 0.